The molecule has 0 saturated carbocycles. The van der Waals surface area contributed by atoms with E-state index in [2.05, 4.69) is 15.6 Å². The highest BCUT2D eigenvalue weighted by Crippen LogP contribution is 2.18. The number of rotatable bonds is 5. The summed E-state index contributed by atoms with van der Waals surface area (Å²) in [6.07, 6.45) is 1.71. The lowest BCUT2D eigenvalue weighted by Crippen LogP contribution is -2.36. The van der Waals surface area contributed by atoms with Gasteiger partial charge in [0.2, 0.25) is 0 Å². The van der Waals surface area contributed by atoms with E-state index >= 15 is 0 Å². The first-order valence-corrected chi connectivity index (χ1v) is 7.66. The zero-order chi connectivity index (χ0) is 16.1. The van der Waals surface area contributed by atoms with Crippen LogP contribution in [0.1, 0.15) is 16.5 Å². The standard InChI is InChI=1S/C15H19FN4OS/c1-10-8-18-15(22-10)19-14(21)17-9-13(20(2)3)11-4-6-12(16)7-5-11/h4-8,13H,9H2,1-3H3,(H2,17,18,19,21)/t13-/m0/s1. The molecule has 0 radical (unpaired) electrons. The van der Waals surface area contributed by atoms with Crippen LogP contribution in [0.4, 0.5) is 14.3 Å². The molecule has 0 aliphatic carbocycles. The number of urea groups is 1. The fourth-order valence-corrected chi connectivity index (χ4v) is 2.69. The smallest absolute Gasteiger partial charge is 0.321 e. The summed E-state index contributed by atoms with van der Waals surface area (Å²) in [5.74, 6) is -0.272. The van der Waals surface area contributed by atoms with Gasteiger partial charge >= 0.3 is 6.03 Å². The Bertz CT molecular complexity index is 627. The number of nitrogens with one attached hydrogen (secondary N) is 2. The third kappa shape index (κ3) is 4.51. The van der Waals surface area contributed by atoms with Gasteiger partial charge in [-0.1, -0.05) is 12.1 Å². The second kappa shape index (κ2) is 7.33. The summed E-state index contributed by atoms with van der Waals surface area (Å²) in [7, 11) is 3.83. The maximum Gasteiger partial charge on any atom is 0.321 e. The van der Waals surface area contributed by atoms with Gasteiger partial charge in [0.05, 0.1) is 6.04 Å². The van der Waals surface area contributed by atoms with E-state index < -0.39 is 0 Å². The van der Waals surface area contributed by atoms with Crippen molar-refractivity contribution in [3.63, 3.8) is 0 Å². The number of benzene rings is 1. The summed E-state index contributed by atoms with van der Waals surface area (Å²) in [5, 5.41) is 6.08. The van der Waals surface area contributed by atoms with Crippen molar-refractivity contribution in [2.45, 2.75) is 13.0 Å². The Morgan fingerprint density at radius 2 is 2.05 bits per heavy atom. The van der Waals surface area contributed by atoms with E-state index in [1.165, 1.54) is 23.5 Å². The minimum Gasteiger partial charge on any atom is -0.336 e. The lowest BCUT2D eigenvalue weighted by molar-refractivity contribution is 0.243. The van der Waals surface area contributed by atoms with Crippen LogP contribution in [0.3, 0.4) is 0 Å². The first-order chi connectivity index (χ1) is 10.5. The number of likely N-dealkylation sites (N-methyl/N-ethyl adjacent to an activating group) is 1. The van der Waals surface area contributed by atoms with Crippen LogP contribution in [-0.4, -0.2) is 36.6 Å². The molecule has 2 rings (SSSR count). The maximum absolute atomic E-state index is 13.0. The zero-order valence-electron chi connectivity index (χ0n) is 12.8. The van der Waals surface area contributed by atoms with Crippen LogP contribution in [0, 0.1) is 12.7 Å². The van der Waals surface area contributed by atoms with Crippen LogP contribution >= 0.6 is 11.3 Å². The Morgan fingerprint density at radius 1 is 1.36 bits per heavy atom. The summed E-state index contributed by atoms with van der Waals surface area (Å²) in [6, 6.07) is 5.95. The van der Waals surface area contributed by atoms with Gasteiger partial charge in [-0.2, -0.15) is 0 Å². The summed E-state index contributed by atoms with van der Waals surface area (Å²) in [4.78, 5) is 19.0. The molecule has 1 aromatic carbocycles. The number of aromatic nitrogens is 1. The van der Waals surface area contributed by atoms with Crippen LogP contribution in [0.25, 0.3) is 0 Å². The molecule has 22 heavy (non-hydrogen) atoms. The van der Waals surface area contributed by atoms with E-state index in [-0.39, 0.29) is 17.9 Å². The third-order valence-corrected chi connectivity index (χ3v) is 4.00. The molecular formula is C15H19FN4OS. The number of carbonyl (C=O) groups excluding carboxylic acids is 1. The predicted molar refractivity (Wildman–Crippen MR) is 86.7 cm³/mol. The van der Waals surface area contributed by atoms with Crippen LogP contribution < -0.4 is 10.6 Å². The first kappa shape index (κ1) is 16.4. The van der Waals surface area contributed by atoms with Gasteiger partial charge in [-0.25, -0.2) is 14.2 Å². The average molecular weight is 322 g/mol. The number of thiazole rings is 1. The Morgan fingerprint density at radius 3 is 2.59 bits per heavy atom. The van der Waals surface area contributed by atoms with E-state index in [4.69, 9.17) is 0 Å². The normalized spacial score (nSPS) is 12.2. The number of carbonyl (C=O) groups is 1. The number of amides is 2. The van der Waals surface area contributed by atoms with E-state index in [0.717, 1.165) is 10.4 Å². The van der Waals surface area contributed by atoms with Gasteiger partial charge in [0.1, 0.15) is 5.82 Å². The number of hydrogen-bond acceptors (Lipinski definition) is 4. The number of aryl methyl sites for hydroxylation is 1. The van der Waals surface area contributed by atoms with Gasteiger partial charge in [0.25, 0.3) is 0 Å². The molecular weight excluding hydrogens is 303 g/mol. The Labute approximate surface area is 133 Å². The number of anilines is 1. The Balaban J connectivity index is 1.94. The van der Waals surface area contributed by atoms with Crippen molar-refractivity contribution in [1.29, 1.82) is 0 Å². The molecule has 0 bridgehead atoms. The monoisotopic (exact) mass is 322 g/mol. The topological polar surface area (TPSA) is 57.3 Å². The minimum absolute atomic E-state index is 0.0376. The van der Waals surface area contributed by atoms with Crippen molar-refractivity contribution in [3.05, 3.63) is 46.7 Å². The predicted octanol–water partition coefficient (Wildman–Crippen LogP) is 3.02. The zero-order valence-corrected chi connectivity index (χ0v) is 13.6. The lowest BCUT2D eigenvalue weighted by atomic mass is 10.1. The number of hydrogen-bond donors (Lipinski definition) is 2. The molecule has 5 nitrogen and oxygen atoms in total. The van der Waals surface area contributed by atoms with Gasteiger partial charge in [-0.05, 0) is 38.7 Å². The second-order valence-corrected chi connectivity index (χ2v) is 6.38. The average Bonchev–Trinajstić information content (AvgIpc) is 2.86. The molecule has 118 valence electrons. The summed E-state index contributed by atoms with van der Waals surface area (Å²) >= 11 is 1.42. The molecule has 1 heterocycles. The highest BCUT2D eigenvalue weighted by Gasteiger charge is 2.15. The SMILES string of the molecule is Cc1cnc(NC(=O)NC[C@@H](c2ccc(F)cc2)N(C)C)s1. The molecule has 0 aliphatic rings. The molecule has 1 aromatic heterocycles. The van der Waals surface area contributed by atoms with E-state index in [0.29, 0.717) is 11.7 Å². The number of nitrogens with zero attached hydrogens (tertiary/aromatic N) is 2. The molecule has 1 atom stereocenters. The summed E-state index contributed by atoms with van der Waals surface area (Å²) < 4.78 is 13.0. The molecule has 2 N–H and O–H groups in total. The van der Waals surface area contributed by atoms with Crippen molar-refractivity contribution < 1.29 is 9.18 Å². The third-order valence-electron chi connectivity index (χ3n) is 3.18. The molecule has 7 heteroatoms. The van der Waals surface area contributed by atoms with E-state index in [1.807, 2.05) is 25.9 Å². The van der Waals surface area contributed by atoms with Crippen LogP contribution in [0.2, 0.25) is 0 Å². The molecule has 0 fully saturated rings. The first-order valence-electron chi connectivity index (χ1n) is 6.85. The highest BCUT2D eigenvalue weighted by atomic mass is 32.1. The van der Waals surface area contributed by atoms with Crippen molar-refractivity contribution in [1.82, 2.24) is 15.2 Å². The number of halogens is 1. The van der Waals surface area contributed by atoms with Gasteiger partial charge in [-0.15, -0.1) is 11.3 Å². The fourth-order valence-electron chi connectivity index (χ4n) is 2.03. The largest absolute Gasteiger partial charge is 0.336 e. The molecule has 0 unspecified atom stereocenters. The van der Waals surface area contributed by atoms with E-state index in [9.17, 15) is 9.18 Å². The van der Waals surface area contributed by atoms with E-state index in [1.54, 1.807) is 18.3 Å². The van der Waals surface area contributed by atoms with Gasteiger partial charge in [0.15, 0.2) is 5.13 Å². The maximum atomic E-state index is 13.0. The van der Waals surface area contributed by atoms with Gasteiger partial charge in [0, 0.05) is 17.6 Å². The van der Waals surface area contributed by atoms with Crippen LogP contribution in [-0.2, 0) is 0 Å². The molecule has 2 amide bonds. The highest BCUT2D eigenvalue weighted by molar-refractivity contribution is 7.15. The fraction of sp³-hybridized carbons (Fsp3) is 0.333. The van der Waals surface area contributed by atoms with Gasteiger partial charge in [-0.3, -0.25) is 5.32 Å². The lowest BCUT2D eigenvalue weighted by Gasteiger charge is -2.25. The Hall–Kier alpha value is -1.99. The summed E-state index contributed by atoms with van der Waals surface area (Å²) in [6.45, 7) is 2.34. The van der Waals surface area contributed by atoms with Crippen LogP contribution in [0.15, 0.2) is 30.5 Å². The quantitative estimate of drug-likeness (QED) is 0.889. The van der Waals surface area contributed by atoms with Crippen molar-refractivity contribution >= 4 is 22.5 Å². The molecule has 2 aromatic rings. The second-order valence-electron chi connectivity index (χ2n) is 5.14. The van der Waals surface area contributed by atoms with Crippen molar-refractivity contribution in [2.75, 3.05) is 26.0 Å². The summed E-state index contributed by atoms with van der Waals surface area (Å²) in [5.41, 5.74) is 0.941. The molecule has 0 aliphatic heterocycles. The van der Waals surface area contributed by atoms with Crippen molar-refractivity contribution in [2.24, 2.45) is 0 Å². The van der Waals surface area contributed by atoms with Crippen molar-refractivity contribution in [3.8, 4) is 0 Å². The van der Waals surface area contributed by atoms with Gasteiger partial charge < -0.3 is 10.2 Å². The van der Waals surface area contributed by atoms with Crippen LogP contribution in [0.5, 0.6) is 0 Å². The molecule has 0 spiro atoms. The minimum atomic E-state index is -0.302. The Kier molecular flexibility index (Phi) is 5.46. The molecule has 0 saturated heterocycles.